The number of fused-ring (bicyclic) bond motifs is 8. The van der Waals surface area contributed by atoms with Gasteiger partial charge in [-0.1, -0.05) is 266 Å². The van der Waals surface area contributed by atoms with Crippen molar-refractivity contribution in [2.24, 2.45) is 0 Å². The second-order valence-electron chi connectivity index (χ2n) is 26.2. The predicted molar refractivity (Wildman–Crippen MR) is 382 cm³/mol. The molecule has 0 amide bonds. The lowest BCUT2D eigenvalue weighted by Gasteiger charge is -2.38. The summed E-state index contributed by atoms with van der Waals surface area (Å²) in [5, 5.41) is 5.44. The van der Waals surface area contributed by atoms with Crippen LogP contribution in [0, 0.1) is 13.8 Å². The lowest BCUT2D eigenvalue weighted by molar-refractivity contribution is 0.348. The van der Waals surface area contributed by atoms with Gasteiger partial charge in [0.25, 0.3) is 0 Å². The summed E-state index contributed by atoms with van der Waals surface area (Å²) in [6.45, 7) is 14.8. The SMILES string of the molecule is C=C(/C=C/C=C1/N(C)c2ccc3ccccc3c2C12CCCCC2)C(Cc1ccc(Br)cc1)(Cc1ccc(CC(Cc2ccc(Br)cc2)(C(=C)/C=C/C=C2/N(C)c3ccc4ccccc4c3C23CCCCC3)c2ccccc2C)cc1)c1ccccc1C. The van der Waals surface area contributed by atoms with Gasteiger partial charge in [-0.2, -0.15) is 0 Å². The highest BCUT2D eigenvalue weighted by Crippen LogP contribution is 2.59. The number of nitrogens with zero attached hydrogens (tertiary/aromatic N) is 2. The smallest absolute Gasteiger partial charge is 0.0454 e. The van der Waals surface area contributed by atoms with E-state index in [9.17, 15) is 0 Å². The molecule has 2 unspecified atom stereocenters. The van der Waals surface area contributed by atoms with Crippen molar-refractivity contribution in [3.63, 3.8) is 0 Å². The fourth-order valence-electron chi connectivity index (χ4n) is 16.8. The van der Waals surface area contributed by atoms with Crippen LogP contribution >= 0.6 is 31.9 Å². The zero-order valence-corrected chi connectivity index (χ0v) is 55.1. The Kier molecular flexibility index (Phi) is 16.8. The van der Waals surface area contributed by atoms with Crippen LogP contribution in [0.2, 0.25) is 0 Å². The Hall–Kier alpha value is -7.50. The normalized spacial score (nSPS) is 18.4. The summed E-state index contributed by atoms with van der Waals surface area (Å²) in [6, 6.07) is 73.0. The Morgan fingerprint density at radius 3 is 1.11 bits per heavy atom. The second-order valence-corrected chi connectivity index (χ2v) is 28.0. The van der Waals surface area contributed by atoms with Gasteiger partial charge in [-0.15, -0.1) is 0 Å². The van der Waals surface area contributed by atoms with E-state index in [1.54, 1.807) is 0 Å². The van der Waals surface area contributed by atoms with Gasteiger partial charge in [0.2, 0.25) is 0 Å². The minimum absolute atomic E-state index is 0.0237. The Morgan fingerprint density at radius 2 is 0.750 bits per heavy atom. The van der Waals surface area contributed by atoms with Gasteiger partial charge in [-0.25, -0.2) is 0 Å². The summed E-state index contributed by atoms with van der Waals surface area (Å²) < 4.78 is 2.16. The zero-order valence-electron chi connectivity index (χ0n) is 51.9. The summed E-state index contributed by atoms with van der Waals surface area (Å²) in [7, 11) is 4.58. The van der Waals surface area contributed by atoms with Crippen LogP contribution in [0.25, 0.3) is 21.5 Å². The van der Waals surface area contributed by atoms with Crippen molar-refractivity contribution in [3.8, 4) is 0 Å². The molecule has 4 aliphatic rings. The van der Waals surface area contributed by atoms with E-state index in [2.05, 4.69) is 300 Å². The first kappa shape index (κ1) is 59.5. The maximum Gasteiger partial charge on any atom is 0.0454 e. The van der Waals surface area contributed by atoms with Gasteiger partial charge in [0, 0.05) is 67.5 Å². The number of aryl methyl sites for hydroxylation is 2. The Labute approximate surface area is 541 Å². The summed E-state index contributed by atoms with van der Waals surface area (Å²) >= 11 is 7.53. The highest BCUT2D eigenvalue weighted by Gasteiger charge is 2.49. The molecule has 2 heterocycles. The summed E-state index contributed by atoms with van der Waals surface area (Å²) in [4.78, 5) is 4.99. The van der Waals surface area contributed by atoms with E-state index in [1.807, 2.05) is 0 Å². The third-order valence-corrected chi connectivity index (χ3v) is 22.2. The van der Waals surface area contributed by atoms with E-state index in [4.69, 9.17) is 13.2 Å². The first-order chi connectivity index (χ1) is 42.8. The maximum absolute atomic E-state index is 5.13. The standard InChI is InChI=1S/C84H82Br2N2/c1-59-23-9-15-31-73(59)83(57-65-39-45-69(85)46-40-65,61(3)25-21-33-77-81(51-17-7-18-52-81)79-71-29-13-11-27-67(71)43-49-75(79)87(77)5)55-63-35-37-64(38-36-63)56-84(74-32-16-10-24-60(74)2,58-66-41-47-70(86)48-42-66)62(4)26-22-34-78-82(53-19-8-20-54-82)80-72-30-14-12-28-68(72)44-50-76(80)88(78)6/h9-16,21-50H,3-4,7-8,17-20,51-58H2,1-2,5-6H3/b25-21+,26-22+,77-33+,78-34+. The number of hydrogen-bond acceptors (Lipinski definition) is 2. The van der Waals surface area contributed by atoms with Gasteiger partial charge in [0.1, 0.15) is 0 Å². The first-order valence-corrected chi connectivity index (χ1v) is 33.8. The summed E-state index contributed by atoms with van der Waals surface area (Å²) in [5.41, 5.74) is 20.0. The molecule has 0 aromatic heterocycles. The van der Waals surface area contributed by atoms with Crippen molar-refractivity contribution >= 4 is 64.8 Å². The molecule has 442 valence electrons. The van der Waals surface area contributed by atoms with Crippen LogP contribution < -0.4 is 9.80 Å². The van der Waals surface area contributed by atoms with Crippen molar-refractivity contribution in [3.05, 3.63) is 331 Å². The molecule has 88 heavy (non-hydrogen) atoms. The lowest BCUT2D eigenvalue weighted by atomic mass is 9.65. The van der Waals surface area contributed by atoms with Crippen molar-refractivity contribution < 1.29 is 0 Å². The third kappa shape index (κ3) is 10.8. The van der Waals surface area contributed by atoms with E-state index in [-0.39, 0.29) is 10.8 Å². The molecule has 2 nitrogen and oxygen atoms in total. The van der Waals surface area contributed by atoms with E-state index in [0.29, 0.717) is 0 Å². The minimum atomic E-state index is -0.475. The van der Waals surface area contributed by atoms with E-state index in [0.717, 1.165) is 71.5 Å². The molecule has 9 aromatic rings. The van der Waals surface area contributed by atoms with Crippen LogP contribution in [0.3, 0.4) is 0 Å². The third-order valence-electron chi connectivity index (χ3n) is 21.1. The van der Waals surface area contributed by atoms with Gasteiger partial charge >= 0.3 is 0 Å². The van der Waals surface area contributed by atoms with Gasteiger partial charge in [0.05, 0.1) is 0 Å². The maximum atomic E-state index is 5.13. The second kappa shape index (κ2) is 24.8. The number of allylic oxidation sites excluding steroid dienone is 10. The average Bonchev–Trinajstić information content (AvgIpc) is 1.57. The molecule has 2 atom stereocenters. The topological polar surface area (TPSA) is 6.48 Å². The number of anilines is 2. The monoisotopic (exact) mass is 1280 g/mol. The van der Waals surface area contributed by atoms with Crippen molar-refractivity contribution in [2.75, 3.05) is 23.9 Å². The number of halogens is 2. The van der Waals surface area contributed by atoms with E-state index < -0.39 is 10.8 Å². The van der Waals surface area contributed by atoms with Crippen LogP contribution in [0.15, 0.2) is 275 Å². The average molecular weight is 1280 g/mol. The Balaban J connectivity index is 0.879. The molecule has 2 spiro atoms. The molecule has 2 aliphatic heterocycles. The van der Waals surface area contributed by atoms with Gasteiger partial charge < -0.3 is 9.80 Å². The highest BCUT2D eigenvalue weighted by atomic mass is 79.9. The molecule has 2 fully saturated rings. The predicted octanol–water partition coefficient (Wildman–Crippen LogP) is 22.3. The Morgan fingerprint density at radius 1 is 0.420 bits per heavy atom. The fourth-order valence-corrected chi connectivity index (χ4v) is 17.4. The fraction of sp³-hybridized carbons (Fsp3) is 0.262. The number of rotatable bonds is 16. The first-order valence-electron chi connectivity index (χ1n) is 32.2. The molecule has 2 saturated carbocycles. The van der Waals surface area contributed by atoms with Crippen molar-refractivity contribution in [1.82, 2.24) is 0 Å². The summed E-state index contributed by atoms with van der Waals surface area (Å²) in [5.74, 6) is 0. The molecule has 0 bridgehead atoms. The van der Waals surface area contributed by atoms with Gasteiger partial charge in [-0.05, 0) is 202 Å². The van der Waals surface area contributed by atoms with Crippen LogP contribution in [-0.4, -0.2) is 14.1 Å². The number of hydrogen-bond donors (Lipinski definition) is 0. The molecular formula is C84H82Br2N2. The van der Waals surface area contributed by atoms with E-state index in [1.165, 1.54) is 138 Å². The molecule has 0 radical (unpaired) electrons. The van der Waals surface area contributed by atoms with Crippen LogP contribution in [0.5, 0.6) is 0 Å². The van der Waals surface area contributed by atoms with Gasteiger partial charge in [-0.3, -0.25) is 0 Å². The summed E-state index contributed by atoms with van der Waals surface area (Å²) in [6.07, 6.45) is 29.6. The number of benzene rings is 9. The minimum Gasteiger partial charge on any atom is -0.347 e. The van der Waals surface area contributed by atoms with Crippen molar-refractivity contribution in [2.45, 2.75) is 125 Å². The largest absolute Gasteiger partial charge is 0.347 e. The van der Waals surface area contributed by atoms with Crippen LogP contribution in [-0.2, 0) is 47.3 Å². The number of likely N-dealkylation sites (N-methyl/N-ethyl adjacent to an activating group) is 2. The van der Waals surface area contributed by atoms with Crippen molar-refractivity contribution in [1.29, 1.82) is 0 Å². The van der Waals surface area contributed by atoms with Crippen LogP contribution in [0.4, 0.5) is 11.4 Å². The highest BCUT2D eigenvalue weighted by molar-refractivity contribution is 9.10. The molecular weight excluding hydrogens is 1200 g/mol. The zero-order chi connectivity index (χ0) is 60.6. The van der Waals surface area contributed by atoms with Crippen LogP contribution in [0.1, 0.15) is 120 Å². The molecule has 0 N–H and O–H groups in total. The molecule has 0 saturated heterocycles. The molecule has 4 heteroatoms. The lowest BCUT2D eigenvalue weighted by Crippen LogP contribution is -2.35. The van der Waals surface area contributed by atoms with E-state index >= 15 is 0 Å². The Bertz CT molecular complexity index is 3950. The molecule has 2 aliphatic carbocycles. The quantitative estimate of drug-likeness (QED) is 0.0890. The molecule has 13 rings (SSSR count). The van der Waals surface area contributed by atoms with Gasteiger partial charge in [0.15, 0.2) is 0 Å². The molecule has 9 aromatic carbocycles.